The third-order valence-corrected chi connectivity index (χ3v) is 16.1. The van der Waals surface area contributed by atoms with Gasteiger partial charge in [-0.3, -0.25) is 4.98 Å². The van der Waals surface area contributed by atoms with Crippen LogP contribution in [0.15, 0.2) is 18.2 Å². The highest BCUT2D eigenvalue weighted by atomic mass is 28.4. The van der Waals surface area contributed by atoms with Gasteiger partial charge in [0.15, 0.2) is 16.6 Å². The number of pyridine rings is 1. The number of hydrogen-bond acceptors (Lipinski definition) is 3. The second kappa shape index (κ2) is 11.4. The van der Waals surface area contributed by atoms with Gasteiger partial charge in [0, 0.05) is 24.6 Å². The molecule has 0 aromatic carbocycles. The van der Waals surface area contributed by atoms with Crippen molar-refractivity contribution in [1.29, 1.82) is 0 Å². The van der Waals surface area contributed by atoms with Crippen LogP contribution in [-0.4, -0.2) is 34.8 Å². The Balaban J connectivity index is 2.30. The summed E-state index contributed by atoms with van der Waals surface area (Å²) in [5.41, 5.74) is 2.44. The number of aryl methyl sites for hydroxylation is 2. The van der Waals surface area contributed by atoms with Crippen molar-refractivity contribution in [2.24, 2.45) is 0 Å². The lowest BCUT2D eigenvalue weighted by molar-refractivity contribution is 0.279. The molecule has 0 fully saturated rings. The fourth-order valence-electron chi connectivity index (χ4n) is 2.71. The molecule has 5 heteroatoms. The minimum absolute atomic E-state index is 0.290. The summed E-state index contributed by atoms with van der Waals surface area (Å²) >= 11 is 0. The maximum Gasteiger partial charge on any atom is 0.191 e. The number of aromatic nitrogens is 1. The Kier molecular flexibility index (Phi) is 10.5. The van der Waals surface area contributed by atoms with Crippen molar-refractivity contribution in [3.63, 3.8) is 0 Å². The fourth-order valence-corrected chi connectivity index (χ4v) is 4.89. The largest absolute Gasteiger partial charge is 0.417 e. The summed E-state index contributed by atoms with van der Waals surface area (Å²) in [6.45, 7) is 24.9. The fraction of sp³-hybridized carbons (Fsp3) is 0.800. The molecule has 0 unspecified atom stereocenters. The van der Waals surface area contributed by atoms with Crippen LogP contribution in [0.4, 0.5) is 0 Å². The van der Waals surface area contributed by atoms with Gasteiger partial charge in [0.25, 0.3) is 0 Å². The average Bonchev–Trinajstić information content (AvgIpc) is 2.59. The van der Waals surface area contributed by atoms with Crippen LogP contribution in [-0.2, 0) is 21.7 Å². The van der Waals surface area contributed by atoms with Crippen LogP contribution in [0, 0.1) is 0 Å². The van der Waals surface area contributed by atoms with Crippen LogP contribution < -0.4 is 0 Å². The molecule has 0 saturated carbocycles. The van der Waals surface area contributed by atoms with Gasteiger partial charge in [0.2, 0.25) is 0 Å². The summed E-state index contributed by atoms with van der Waals surface area (Å²) in [7, 11) is -3.22. The molecule has 0 bridgehead atoms. The van der Waals surface area contributed by atoms with E-state index in [1.54, 1.807) is 0 Å². The van der Waals surface area contributed by atoms with E-state index in [-0.39, 0.29) is 0 Å². The molecule has 1 rings (SSSR count). The molecule has 0 N–H and O–H groups in total. The van der Waals surface area contributed by atoms with Crippen molar-refractivity contribution in [2.45, 2.75) is 116 Å². The van der Waals surface area contributed by atoms with Gasteiger partial charge in [0.05, 0.1) is 0 Å². The number of rotatable bonds is 12. The first-order chi connectivity index (χ1) is 13.7. The monoisotopic (exact) mass is 451 g/mol. The van der Waals surface area contributed by atoms with E-state index >= 15 is 0 Å². The van der Waals surface area contributed by atoms with E-state index in [1.165, 1.54) is 11.4 Å². The lowest BCUT2D eigenvalue weighted by atomic mass is 10.1. The minimum Gasteiger partial charge on any atom is -0.417 e. The van der Waals surface area contributed by atoms with Gasteiger partial charge >= 0.3 is 0 Å². The second-order valence-corrected chi connectivity index (χ2v) is 21.4. The molecule has 0 spiro atoms. The molecular formula is C25H49NO2Si2. The van der Waals surface area contributed by atoms with E-state index in [4.69, 9.17) is 13.8 Å². The topological polar surface area (TPSA) is 31.4 Å². The maximum atomic E-state index is 6.29. The lowest BCUT2D eigenvalue weighted by Gasteiger charge is -2.36. The number of nitrogens with zero attached hydrogens (tertiary/aromatic N) is 1. The predicted molar refractivity (Wildman–Crippen MR) is 136 cm³/mol. The molecule has 174 valence electrons. The van der Waals surface area contributed by atoms with Crippen molar-refractivity contribution in [2.75, 3.05) is 13.2 Å². The van der Waals surface area contributed by atoms with E-state index in [1.807, 2.05) is 0 Å². The summed E-state index contributed by atoms with van der Waals surface area (Å²) in [6.07, 6.45) is 6.61. The zero-order valence-electron chi connectivity index (χ0n) is 21.7. The zero-order chi connectivity index (χ0) is 23.1. The maximum absolute atomic E-state index is 6.29. The Bertz CT molecular complexity index is 580. The van der Waals surface area contributed by atoms with Crippen LogP contribution in [0.25, 0.3) is 0 Å². The van der Waals surface area contributed by atoms with Crippen LogP contribution >= 0.6 is 0 Å². The van der Waals surface area contributed by atoms with Crippen molar-refractivity contribution in [3.05, 3.63) is 29.6 Å². The Morgan fingerprint density at radius 3 is 1.37 bits per heavy atom. The highest BCUT2D eigenvalue weighted by Gasteiger charge is 2.37. The highest BCUT2D eigenvalue weighted by molar-refractivity contribution is 6.74. The Morgan fingerprint density at radius 1 is 0.667 bits per heavy atom. The van der Waals surface area contributed by atoms with Gasteiger partial charge in [-0.1, -0.05) is 47.6 Å². The number of unbranched alkanes of at least 4 members (excludes halogenated alkanes) is 2. The SMILES string of the molecule is CC(C)(C)[Si](C)(C)OCCCCc1cccc(CCCCO[Si](C)(C)C(C)(C)C)n1. The second-order valence-electron chi connectivity index (χ2n) is 11.8. The van der Waals surface area contributed by atoms with Crippen LogP contribution in [0.5, 0.6) is 0 Å². The Hall–Kier alpha value is -0.496. The first-order valence-electron chi connectivity index (χ1n) is 11.9. The molecule has 0 aliphatic carbocycles. The summed E-state index contributed by atoms with van der Waals surface area (Å²) < 4.78 is 12.6. The van der Waals surface area contributed by atoms with Gasteiger partial charge < -0.3 is 8.85 Å². The van der Waals surface area contributed by atoms with Gasteiger partial charge in [-0.2, -0.15) is 0 Å². The van der Waals surface area contributed by atoms with Gasteiger partial charge in [-0.25, -0.2) is 0 Å². The zero-order valence-corrected chi connectivity index (χ0v) is 23.7. The molecule has 0 amide bonds. The smallest absolute Gasteiger partial charge is 0.191 e. The standard InChI is InChI=1S/C25H49NO2Si2/c1-24(2,3)29(7,8)27-20-13-11-16-22-18-15-19-23(26-22)17-12-14-21-28-30(9,10)25(4,5)6/h15,18-19H,11-14,16-17,20-21H2,1-10H3. The summed E-state index contributed by atoms with van der Waals surface area (Å²) in [5.74, 6) is 0. The van der Waals surface area contributed by atoms with Crippen LogP contribution in [0.3, 0.4) is 0 Å². The molecule has 1 aromatic rings. The van der Waals surface area contributed by atoms with Crippen LogP contribution in [0.2, 0.25) is 36.3 Å². The first-order valence-corrected chi connectivity index (χ1v) is 17.7. The molecule has 1 heterocycles. The average molecular weight is 452 g/mol. The molecule has 0 aliphatic heterocycles. The van der Waals surface area contributed by atoms with Crippen molar-refractivity contribution < 1.29 is 8.85 Å². The van der Waals surface area contributed by atoms with E-state index in [9.17, 15) is 0 Å². The highest BCUT2D eigenvalue weighted by Crippen LogP contribution is 2.37. The quantitative estimate of drug-likeness (QED) is 0.240. The Morgan fingerprint density at radius 2 is 1.03 bits per heavy atom. The van der Waals surface area contributed by atoms with E-state index in [0.29, 0.717) is 10.1 Å². The first kappa shape index (κ1) is 27.5. The number of hydrogen-bond donors (Lipinski definition) is 0. The van der Waals surface area contributed by atoms with Gasteiger partial charge in [-0.15, -0.1) is 0 Å². The molecule has 30 heavy (non-hydrogen) atoms. The Labute approximate surface area is 189 Å². The van der Waals surface area contributed by atoms with Crippen molar-refractivity contribution >= 4 is 16.6 Å². The van der Waals surface area contributed by atoms with E-state index in [2.05, 4.69) is 85.9 Å². The van der Waals surface area contributed by atoms with Gasteiger partial charge in [0.1, 0.15) is 0 Å². The molecular weight excluding hydrogens is 402 g/mol. The molecule has 0 radical (unpaired) electrons. The van der Waals surface area contributed by atoms with Gasteiger partial charge in [-0.05, 0) is 86.9 Å². The van der Waals surface area contributed by atoms with Crippen LogP contribution in [0.1, 0.15) is 78.6 Å². The molecule has 0 atom stereocenters. The van der Waals surface area contributed by atoms with E-state index < -0.39 is 16.6 Å². The third kappa shape index (κ3) is 9.33. The van der Waals surface area contributed by atoms with Crippen molar-refractivity contribution in [1.82, 2.24) is 4.98 Å². The predicted octanol–water partition coefficient (Wildman–Crippen LogP) is 7.77. The summed E-state index contributed by atoms with van der Waals surface area (Å²) in [6, 6.07) is 6.49. The lowest BCUT2D eigenvalue weighted by Crippen LogP contribution is -2.40. The molecule has 0 aliphatic rings. The third-order valence-electron chi connectivity index (χ3n) is 7.06. The summed E-state index contributed by atoms with van der Waals surface area (Å²) in [5, 5.41) is 0.581. The molecule has 0 saturated heterocycles. The normalized spacial score (nSPS) is 13.7. The minimum atomic E-state index is -1.61. The molecule has 1 aromatic heterocycles. The van der Waals surface area contributed by atoms with Crippen molar-refractivity contribution in [3.8, 4) is 0 Å². The summed E-state index contributed by atoms with van der Waals surface area (Å²) in [4.78, 5) is 4.88. The van der Waals surface area contributed by atoms with E-state index in [0.717, 1.165) is 51.7 Å². The molecule has 3 nitrogen and oxygen atoms in total.